The van der Waals surface area contributed by atoms with Crippen molar-refractivity contribution in [1.29, 1.82) is 0 Å². The minimum Gasteiger partial charge on any atom is -0.493 e. The first-order valence-electron chi connectivity index (χ1n) is 8.68. The number of piperidine rings is 1. The number of hydrogen-bond acceptors (Lipinski definition) is 5. The predicted octanol–water partition coefficient (Wildman–Crippen LogP) is 3.92. The molecule has 1 unspecified atom stereocenters. The minimum atomic E-state index is 0.445. The van der Waals surface area contributed by atoms with E-state index in [0.29, 0.717) is 23.3 Å². The molecule has 1 aromatic heterocycles. The third-order valence-electron chi connectivity index (χ3n) is 4.56. The van der Waals surface area contributed by atoms with Crippen molar-refractivity contribution in [3.63, 3.8) is 0 Å². The summed E-state index contributed by atoms with van der Waals surface area (Å²) in [7, 11) is 1.65. The molecule has 1 aliphatic heterocycles. The summed E-state index contributed by atoms with van der Waals surface area (Å²) in [5, 5.41) is 0.716. The highest BCUT2D eigenvalue weighted by Crippen LogP contribution is 2.35. The second kappa shape index (κ2) is 8.50. The Morgan fingerprint density at radius 2 is 2.20 bits per heavy atom. The normalized spacial score (nSPS) is 18.1. The summed E-state index contributed by atoms with van der Waals surface area (Å²) < 4.78 is 11.0. The number of rotatable bonds is 6. The predicted molar refractivity (Wildman–Crippen MR) is 98.5 cm³/mol. The average molecular weight is 362 g/mol. The molecule has 0 spiro atoms. The molecule has 25 heavy (non-hydrogen) atoms. The van der Waals surface area contributed by atoms with Gasteiger partial charge in [-0.25, -0.2) is 9.97 Å². The van der Waals surface area contributed by atoms with Gasteiger partial charge in [-0.2, -0.15) is 0 Å². The fraction of sp³-hybridized carbons (Fsp3) is 0.474. The van der Waals surface area contributed by atoms with E-state index in [-0.39, 0.29) is 0 Å². The molecule has 134 valence electrons. The van der Waals surface area contributed by atoms with E-state index >= 15 is 0 Å². The molecule has 0 aliphatic carbocycles. The Labute approximate surface area is 153 Å². The molecule has 0 N–H and O–H groups in total. The standard InChI is InChI=1S/C19H24ClN3O2/c1-3-25-19-10-16(20)15(9-18(19)24-2)12-23-8-4-5-14(11-23)17-6-7-21-13-22-17/h6-7,9-10,13-14H,3-5,8,11-12H2,1-2H3. The Kier molecular flexibility index (Phi) is 6.10. The first-order valence-corrected chi connectivity index (χ1v) is 9.06. The molecule has 1 atom stereocenters. The molecule has 3 rings (SSSR count). The second-order valence-electron chi connectivity index (χ2n) is 6.24. The number of likely N-dealkylation sites (tertiary alicyclic amines) is 1. The number of nitrogens with zero attached hydrogens (tertiary/aromatic N) is 3. The third-order valence-corrected chi connectivity index (χ3v) is 4.91. The molecule has 6 heteroatoms. The van der Waals surface area contributed by atoms with Gasteiger partial charge in [-0.1, -0.05) is 11.6 Å². The van der Waals surface area contributed by atoms with Gasteiger partial charge in [0.2, 0.25) is 0 Å². The Bertz CT molecular complexity index is 697. The summed E-state index contributed by atoms with van der Waals surface area (Å²) in [5.41, 5.74) is 2.18. The van der Waals surface area contributed by atoms with E-state index in [0.717, 1.165) is 49.5 Å². The quantitative estimate of drug-likeness (QED) is 0.780. The van der Waals surface area contributed by atoms with Gasteiger partial charge in [-0.3, -0.25) is 4.90 Å². The SMILES string of the molecule is CCOc1cc(Cl)c(CN2CCCC(c3ccncn3)C2)cc1OC. The highest BCUT2D eigenvalue weighted by molar-refractivity contribution is 6.31. The first kappa shape index (κ1) is 18.0. The maximum absolute atomic E-state index is 6.48. The Morgan fingerprint density at radius 3 is 2.92 bits per heavy atom. The molecule has 1 fully saturated rings. The van der Waals surface area contributed by atoms with Gasteiger partial charge in [0.15, 0.2) is 11.5 Å². The van der Waals surface area contributed by atoms with Crippen LogP contribution in [0.5, 0.6) is 11.5 Å². The molecule has 0 bridgehead atoms. The fourth-order valence-electron chi connectivity index (χ4n) is 3.35. The van der Waals surface area contributed by atoms with E-state index in [1.807, 2.05) is 31.3 Å². The Hall–Kier alpha value is -1.85. The zero-order valence-corrected chi connectivity index (χ0v) is 15.5. The number of halogens is 1. The molecule has 1 aliphatic rings. The summed E-state index contributed by atoms with van der Waals surface area (Å²) >= 11 is 6.48. The van der Waals surface area contributed by atoms with Crippen molar-refractivity contribution >= 4 is 11.6 Å². The molecule has 2 heterocycles. The lowest BCUT2D eigenvalue weighted by Gasteiger charge is -2.32. The van der Waals surface area contributed by atoms with Crippen LogP contribution in [0, 0.1) is 0 Å². The van der Waals surface area contributed by atoms with Crippen LogP contribution >= 0.6 is 11.6 Å². The van der Waals surface area contributed by atoms with E-state index in [4.69, 9.17) is 21.1 Å². The highest BCUT2D eigenvalue weighted by Gasteiger charge is 2.23. The summed E-state index contributed by atoms with van der Waals surface area (Å²) in [6.07, 6.45) is 5.76. The summed E-state index contributed by atoms with van der Waals surface area (Å²) in [6.45, 7) is 5.36. The second-order valence-corrected chi connectivity index (χ2v) is 6.64. The van der Waals surface area contributed by atoms with Gasteiger partial charge in [-0.05, 0) is 44.0 Å². The number of ether oxygens (including phenoxy) is 2. The fourth-order valence-corrected chi connectivity index (χ4v) is 3.56. The van der Waals surface area contributed by atoms with Crippen LogP contribution in [0.15, 0.2) is 30.7 Å². The van der Waals surface area contributed by atoms with E-state index in [2.05, 4.69) is 14.9 Å². The smallest absolute Gasteiger partial charge is 0.162 e. The van der Waals surface area contributed by atoms with Crippen LogP contribution in [0.25, 0.3) is 0 Å². The van der Waals surface area contributed by atoms with Gasteiger partial charge in [0, 0.05) is 42.0 Å². The number of hydrogen-bond donors (Lipinski definition) is 0. The molecular formula is C19H24ClN3O2. The largest absolute Gasteiger partial charge is 0.493 e. The van der Waals surface area contributed by atoms with Crippen molar-refractivity contribution in [3.8, 4) is 11.5 Å². The molecule has 0 saturated carbocycles. The topological polar surface area (TPSA) is 47.5 Å². The van der Waals surface area contributed by atoms with Crippen LogP contribution in [0.1, 0.15) is 36.9 Å². The molecular weight excluding hydrogens is 338 g/mol. The lowest BCUT2D eigenvalue weighted by molar-refractivity contribution is 0.198. The molecule has 5 nitrogen and oxygen atoms in total. The summed E-state index contributed by atoms with van der Waals surface area (Å²) in [5.74, 6) is 1.86. The van der Waals surface area contributed by atoms with Crippen LogP contribution in [0.3, 0.4) is 0 Å². The van der Waals surface area contributed by atoms with Crippen molar-refractivity contribution in [2.24, 2.45) is 0 Å². The van der Waals surface area contributed by atoms with Crippen LogP contribution in [-0.2, 0) is 6.54 Å². The first-order chi connectivity index (χ1) is 12.2. The molecule has 1 saturated heterocycles. The van der Waals surface area contributed by atoms with E-state index in [9.17, 15) is 0 Å². The van der Waals surface area contributed by atoms with Gasteiger partial charge in [0.25, 0.3) is 0 Å². The van der Waals surface area contributed by atoms with Crippen LogP contribution in [0.2, 0.25) is 5.02 Å². The van der Waals surface area contributed by atoms with Gasteiger partial charge in [0.1, 0.15) is 6.33 Å². The molecule has 0 radical (unpaired) electrons. The van der Waals surface area contributed by atoms with Gasteiger partial charge in [0.05, 0.1) is 13.7 Å². The van der Waals surface area contributed by atoms with Crippen molar-refractivity contribution in [3.05, 3.63) is 47.0 Å². The van der Waals surface area contributed by atoms with E-state index in [1.165, 1.54) is 0 Å². The Balaban J connectivity index is 1.73. The number of benzene rings is 1. The van der Waals surface area contributed by atoms with Crippen molar-refractivity contribution in [1.82, 2.24) is 14.9 Å². The maximum Gasteiger partial charge on any atom is 0.162 e. The van der Waals surface area contributed by atoms with Crippen LogP contribution in [-0.4, -0.2) is 41.7 Å². The van der Waals surface area contributed by atoms with Crippen LogP contribution in [0.4, 0.5) is 0 Å². The molecule has 0 amide bonds. The number of aromatic nitrogens is 2. The van der Waals surface area contributed by atoms with Crippen LogP contribution < -0.4 is 9.47 Å². The maximum atomic E-state index is 6.48. The summed E-state index contributed by atoms with van der Waals surface area (Å²) in [4.78, 5) is 10.9. The Morgan fingerprint density at radius 1 is 1.32 bits per heavy atom. The third kappa shape index (κ3) is 4.41. The molecule has 1 aromatic carbocycles. The zero-order chi connectivity index (χ0) is 17.6. The minimum absolute atomic E-state index is 0.445. The van der Waals surface area contributed by atoms with Crippen molar-refractivity contribution < 1.29 is 9.47 Å². The summed E-state index contributed by atoms with van der Waals surface area (Å²) in [6, 6.07) is 5.85. The van der Waals surface area contributed by atoms with Crippen molar-refractivity contribution in [2.45, 2.75) is 32.2 Å². The van der Waals surface area contributed by atoms with Gasteiger partial charge in [-0.15, -0.1) is 0 Å². The molecule has 2 aromatic rings. The lowest BCUT2D eigenvalue weighted by Crippen LogP contribution is -2.34. The van der Waals surface area contributed by atoms with Gasteiger partial charge >= 0.3 is 0 Å². The average Bonchev–Trinajstić information content (AvgIpc) is 2.65. The number of methoxy groups -OCH3 is 1. The monoisotopic (exact) mass is 361 g/mol. The van der Waals surface area contributed by atoms with Crippen molar-refractivity contribution in [2.75, 3.05) is 26.8 Å². The lowest BCUT2D eigenvalue weighted by atomic mass is 9.94. The highest BCUT2D eigenvalue weighted by atomic mass is 35.5. The van der Waals surface area contributed by atoms with E-state index < -0.39 is 0 Å². The van der Waals surface area contributed by atoms with Gasteiger partial charge < -0.3 is 9.47 Å². The van der Waals surface area contributed by atoms with E-state index in [1.54, 1.807) is 13.4 Å². The zero-order valence-electron chi connectivity index (χ0n) is 14.7.